The molecule has 52 heavy (non-hydrogen) atoms. The van der Waals surface area contributed by atoms with E-state index in [1.165, 1.54) is 70.2 Å². The van der Waals surface area contributed by atoms with Gasteiger partial charge in [0.15, 0.2) is 0 Å². The van der Waals surface area contributed by atoms with E-state index in [0.29, 0.717) is 22.4 Å². The second-order valence-electron chi connectivity index (χ2n) is 13.1. The summed E-state index contributed by atoms with van der Waals surface area (Å²) in [6.07, 6.45) is 5.48. The second kappa shape index (κ2) is 13.1. The Balaban J connectivity index is 1.40. The van der Waals surface area contributed by atoms with Crippen LogP contribution in [0.1, 0.15) is 85.8 Å². The molecule has 6 amide bonds. The third kappa shape index (κ3) is 7.16. The Labute approximate surface area is 299 Å². The molecule has 4 aromatic rings. The van der Waals surface area contributed by atoms with Crippen molar-refractivity contribution in [2.45, 2.75) is 38.9 Å². The summed E-state index contributed by atoms with van der Waals surface area (Å²) in [7, 11) is 0. The van der Waals surface area contributed by atoms with Crippen molar-refractivity contribution in [3.8, 4) is 36.0 Å². The Bertz CT molecular complexity index is 2290. The Morgan fingerprint density at radius 2 is 1.06 bits per heavy atom. The lowest BCUT2D eigenvalue weighted by molar-refractivity contribution is 0.0912. The van der Waals surface area contributed by atoms with Crippen LogP contribution in [-0.2, 0) is 0 Å². The molecule has 0 aliphatic carbocycles. The number of amides is 6. The summed E-state index contributed by atoms with van der Waals surface area (Å²) < 4.78 is 0. The van der Waals surface area contributed by atoms with Gasteiger partial charge in [0.2, 0.25) is 0 Å². The van der Waals surface area contributed by atoms with Crippen molar-refractivity contribution in [3.63, 3.8) is 0 Å². The number of nitrogens with one attached hydrogen (secondary N) is 2. The number of imide groups is 2. The molecule has 0 atom stereocenters. The fraction of sp³-hybridized carbons (Fsp3) is 0.146. The SMILES string of the molecule is C#Cc1cccc(NC(=O)Nc2cc(N3C(=O)c4ccc(C#CC(C)(C)O)cc4C3=O)cc(N3C(=O)c4ccc(C#CC(C)(C)O)cc4C3=O)c2)c1. The summed E-state index contributed by atoms with van der Waals surface area (Å²) in [5.74, 6) is 10.6. The molecule has 0 bridgehead atoms. The highest BCUT2D eigenvalue weighted by Gasteiger charge is 2.40. The normalized spacial score (nSPS) is 13.4. The van der Waals surface area contributed by atoms with Gasteiger partial charge in [0.05, 0.1) is 33.6 Å². The van der Waals surface area contributed by atoms with Gasteiger partial charge in [-0.05, 0) is 100 Å². The average molecular weight is 691 g/mol. The van der Waals surface area contributed by atoms with Crippen LogP contribution in [0.4, 0.5) is 27.5 Å². The van der Waals surface area contributed by atoms with Gasteiger partial charge in [0.25, 0.3) is 23.6 Å². The van der Waals surface area contributed by atoms with E-state index in [1.807, 2.05) is 0 Å². The van der Waals surface area contributed by atoms with E-state index >= 15 is 0 Å². The number of terminal acetylenes is 1. The number of anilines is 4. The van der Waals surface area contributed by atoms with Crippen molar-refractivity contribution in [2.24, 2.45) is 0 Å². The molecule has 0 spiro atoms. The number of hydrogen-bond acceptors (Lipinski definition) is 7. The maximum Gasteiger partial charge on any atom is 0.323 e. The molecule has 0 saturated carbocycles. The number of fused-ring (bicyclic) bond motifs is 2. The van der Waals surface area contributed by atoms with E-state index in [0.717, 1.165) is 9.80 Å². The molecular formula is C41H30N4O7. The zero-order valence-electron chi connectivity index (χ0n) is 28.4. The smallest absolute Gasteiger partial charge is 0.323 e. The maximum atomic E-state index is 13.8. The molecule has 11 nitrogen and oxygen atoms in total. The van der Waals surface area contributed by atoms with E-state index in [1.54, 1.807) is 36.4 Å². The zero-order chi connectivity index (χ0) is 37.5. The number of urea groups is 1. The Morgan fingerprint density at radius 1 is 0.596 bits per heavy atom. The van der Waals surface area contributed by atoms with Gasteiger partial charge in [-0.1, -0.05) is 35.7 Å². The standard InChI is InChI=1S/C41H30N4O7/c1-6-24-8-7-9-27(18-24)42-39(50)43-28-21-29(44-35(46)31-12-10-25(14-16-40(2,3)51)19-33(31)37(44)48)23-30(22-28)45-36(47)32-13-11-26(15-17-41(4,5)52)20-34(32)38(45)49/h1,7-13,18-23,51-52H,2-5H3,(H2,42,43,50). The molecule has 0 unspecified atom stereocenters. The predicted octanol–water partition coefficient (Wildman–Crippen LogP) is 5.16. The molecule has 4 N–H and O–H groups in total. The number of carbonyl (C=O) groups excluding carboxylic acids is 5. The molecule has 256 valence electrons. The van der Waals surface area contributed by atoms with E-state index in [9.17, 15) is 34.2 Å². The van der Waals surface area contributed by atoms with Gasteiger partial charge in [-0.25, -0.2) is 14.6 Å². The van der Waals surface area contributed by atoms with Crippen molar-refractivity contribution in [1.82, 2.24) is 0 Å². The van der Waals surface area contributed by atoms with Gasteiger partial charge < -0.3 is 20.8 Å². The lowest BCUT2D eigenvalue weighted by Gasteiger charge is -2.21. The van der Waals surface area contributed by atoms with Crippen molar-refractivity contribution in [3.05, 3.63) is 118 Å². The molecule has 2 aliphatic rings. The van der Waals surface area contributed by atoms with Crippen molar-refractivity contribution >= 4 is 52.4 Å². The molecular weight excluding hydrogens is 660 g/mol. The van der Waals surface area contributed by atoms with Crippen LogP contribution >= 0.6 is 0 Å². The molecule has 0 fully saturated rings. The highest BCUT2D eigenvalue weighted by Crippen LogP contribution is 2.37. The van der Waals surface area contributed by atoms with Crippen molar-refractivity contribution in [1.29, 1.82) is 0 Å². The van der Waals surface area contributed by atoms with Crippen LogP contribution in [0.15, 0.2) is 78.9 Å². The molecule has 0 radical (unpaired) electrons. The summed E-state index contributed by atoms with van der Waals surface area (Å²) in [4.78, 5) is 70.0. The predicted molar refractivity (Wildman–Crippen MR) is 195 cm³/mol. The van der Waals surface area contributed by atoms with E-state index in [4.69, 9.17) is 6.42 Å². The third-order valence-electron chi connectivity index (χ3n) is 7.76. The number of rotatable bonds is 4. The zero-order valence-corrected chi connectivity index (χ0v) is 28.4. The molecule has 11 heteroatoms. The molecule has 6 rings (SSSR count). The Kier molecular flexibility index (Phi) is 8.75. The number of nitrogens with zero attached hydrogens (tertiary/aromatic N) is 2. The van der Waals surface area contributed by atoms with Gasteiger partial charge in [-0.3, -0.25) is 19.2 Å². The van der Waals surface area contributed by atoms with Gasteiger partial charge in [0.1, 0.15) is 11.2 Å². The monoisotopic (exact) mass is 690 g/mol. The van der Waals surface area contributed by atoms with Crippen LogP contribution in [0, 0.1) is 36.0 Å². The second-order valence-corrected chi connectivity index (χ2v) is 13.1. The molecule has 4 aromatic carbocycles. The molecule has 2 heterocycles. The van der Waals surface area contributed by atoms with Crippen LogP contribution in [0.3, 0.4) is 0 Å². The summed E-state index contributed by atoms with van der Waals surface area (Å²) in [6, 6.07) is 18.8. The van der Waals surface area contributed by atoms with E-state index in [-0.39, 0.29) is 39.3 Å². The lowest BCUT2D eigenvalue weighted by Crippen LogP contribution is -2.32. The highest BCUT2D eigenvalue weighted by molar-refractivity contribution is 6.36. The van der Waals surface area contributed by atoms with Crippen LogP contribution in [0.25, 0.3) is 0 Å². The minimum atomic E-state index is -1.29. The Morgan fingerprint density at radius 3 is 1.52 bits per heavy atom. The summed E-state index contributed by atoms with van der Waals surface area (Å²) in [6.45, 7) is 6.04. The number of benzene rings is 4. The van der Waals surface area contributed by atoms with Gasteiger partial charge in [0, 0.05) is 28.1 Å². The largest absolute Gasteiger partial charge is 0.378 e. The molecule has 0 aromatic heterocycles. The minimum Gasteiger partial charge on any atom is -0.378 e. The van der Waals surface area contributed by atoms with Gasteiger partial charge in [-0.2, -0.15) is 0 Å². The summed E-state index contributed by atoms with van der Waals surface area (Å²) in [5.41, 5.74) is -0.629. The first kappa shape index (κ1) is 34.9. The molecule has 0 saturated heterocycles. The fourth-order valence-electron chi connectivity index (χ4n) is 5.46. The van der Waals surface area contributed by atoms with Crippen LogP contribution in [-0.4, -0.2) is 51.1 Å². The van der Waals surface area contributed by atoms with Gasteiger partial charge >= 0.3 is 6.03 Å². The lowest BCUT2D eigenvalue weighted by atomic mass is 10.0. The number of carbonyl (C=O) groups is 5. The molecule has 2 aliphatic heterocycles. The number of aliphatic hydroxyl groups is 2. The summed E-state index contributed by atoms with van der Waals surface area (Å²) in [5, 5.41) is 25.3. The van der Waals surface area contributed by atoms with Crippen molar-refractivity contribution < 1.29 is 34.2 Å². The highest BCUT2D eigenvalue weighted by atomic mass is 16.3. The van der Waals surface area contributed by atoms with Crippen LogP contribution < -0.4 is 20.4 Å². The minimum absolute atomic E-state index is 0.0363. The number of hydrogen-bond donors (Lipinski definition) is 4. The van der Waals surface area contributed by atoms with E-state index in [2.05, 4.69) is 40.2 Å². The quantitative estimate of drug-likeness (QED) is 0.170. The topological polar surface area (TPSA) is 156 Å². The first-order chi connectivity index (χ1) is 24.5. The first-order valence-corrected chi connectivity index (χ1v) is 15.9. The third-order valence-corrected chi connectivity index (χ3v) is 7.76. The first-order valence-electron chi connectivity index (χ1n) is 15.9. The van der Waals surface area contributed by atoms with Crippen LogP contribution in [0.5, 0.6) is 0 Å². The summed E-state index contributed by atoms with van der Waals surface area (Å²) >= 11 is 0. The van der Waals surface area contributed by atoms with Crippen LogP contribution in [0.2, 0.25) is 0 Å². The van der Waals surface area contributed by atoms with E-state index < -0.39 is 40.9 Å². The van der Waals surface area contributed by atoms with Gasteiger partial charge in [-0.15, -0.1) is 6.42 Å². The maximum absolute atomic E-state index is 13.8. The van der Waals surface area contributed by atoms with Crippen molar-refractivity contribution in [2.75, 3.05) is 20.4 Å². The Hall–Kier alpha value is -6.97. The average Bonchev–Trinajstić information content (AvgIpc) is 3.48. The fourth-order valence-corrected chi connectivity index (χ4v) is 5.46.